The molecule has 0 aliphatic heterocycles. The third-order valence-corrected chi connectivity index (χ3v) is 4.75. The number of aromatic hydroxyl groups is 1. The van der Waals surface area contributed by atoms with Crippen molar-refractivity contribution in [2.24, 2.45) is 0 Å². The molecule has 0 saturated carbocycles. The summed E-state index contributed by atoms with van der Waals surface area (Å²) in [6.07, 6.45) is 1.73. The second kappa shape index (κ2) is 7.64. The first kappa shape index (κ1) is 17.4. The average molecular weight is 416 g/mol. The molecular weight excluding hydrogens is 402 g/mol. The molecule has 7 heteroatoms. The Morgan fingerprint density at radius 2 is 2.24 bits per heavy atom. The van der Waals surface area contributed by atoms with E-state index in [1.807, 2.05) is 31.2 Å². The molecule has 1 heterocycles. The Kier molecular flexibility index (Phi) is 5.31. The van der Waals surface area contributed by atoms with E-state index in [1.165, 1.54) is 11.8 Å². The molecule has 3 aromatic rings. The maximum atomic E-state index is 9.98. The second-order valence-corrected chi connectivity index (χ2v) is 6.95. The predicted molar refractivity (Wildman–Crippen MR) is 103 cm³/mol. The van der Waals surface area contributed by atoms with Crippen molar-refractivity contribution in [3.8, 4) is 17.6 Å². The molecule has 0 amide bonds. The van der Waals surface area contributed by atoms with Crippen molar-refractivity contribution in [2.75, 3.05) is 6.61 Å². The van der Waals surface area contributed by atoms with Crippen molar-refractivity contribution in [2.45, 2.75) is 12.1 Å². The molecule has 126 valence electrons. The number of H-pyrrole nitrogens is 1. The number of phenols is 1. The molecule has 0 saturated heterocycles. The molecule has 1 aromatic heterocycles. The van der Waals surface area contributed by atoms with Gasteiger partial charge in [0.25, 0.3) is 0 Å². The zero-order valence-corrected chi connectivity index (χ0v) is 15.7. The number of phenolic OH excluding ortho intramolecular Hbond substituents is 1. The molecular formula is C18H14BrN3O2S. The maximum Gasteiger partial charge on any atom is 0.172 e. The highest BCUT2D eigenvalue weighted by atomic mass is 79.9. The van der Waals surface area contributed by atoms with Gasteiger partial charge in [0.2, 0.25) is 0 Å². The van der Waals surface area contributed by atoms with Crippen molar-refractivity contribution < 1.29 is 9.84 Å². The van der Waals surface area contributed by atoms with Crippen LogP contribution in [0.25, 0.3) is 17.1 Å². The number of nitriles is 1. The average Bonchev–Trinajstić information content (AvgIpc) is 3.01. The topological polar surface area (TPSA) is 81.9 Å². The maximum absolute atomic E-state index is 9.98. The van der Waals surface area contributed by atoms with Crippen molar-refractivity contribution in [3.63, 3.8) is 0 Å². The number of ether oxygens (including phenoxy) is 1. The number of halogens is 1. The minimum absolute atomic E-state index is 0.0439. The van der Waals surface area contributed by atoms with Gasteiger partial charge in [-0.1, -0.05) is 12.1 Å². The standard InChI is InChI=1S/C18H14BrN3O2S/c1-2-24-16-9-11(8-13(19)17(16)23)7-12(10-20)25-18-21-14-5-3-4-6-15(14)22-18/h3-9,23H,2H2,1H3,(H,21,22)/b12-7+. The number of fused-ring (bicyclic) bond motifs is 1. The fraction of sp³-hybridized carbons (Fsp3) is 0.111. The van der Waals surface area contributed by atoms with Gasteiger partial charge in [0.05, 0.1) is 27.0 Å². The van der Waals surface area contributed by atoms with Crippen LogP contribution in [0.15, 0.2) is 50.9 Å². The van der Waals surface area contributed by atoms with Crippen LogP contribution in [0.5, 0.6) is 11.5 Å². The first-order chi connectivity index (χ1) is 12.1. The van der Waals surface area contributed by atoms with Crippen LogP contribution in [0.1, 0.15) is 12.5 Å². The van der Waals surface area contributed by atoms with Gasteiger partial charge in [-0.15, -0.1) is 0 Å². The molecule has 3 rings (SSSR count). The van der Waals surface area contributed by atoms with E-state index >= 15 is 0 Å². The number of para-hydroxylation sites is 2. The zero-order chi connectivity index (χ0) is 17.8. The van der Waals surface area contributed by atoms with Gasteiger partial charge in [0.1, 0.15) is 6.07 Å². The van der Waals surface area contributed by atoms with Gasteiger partial charge in [-0.3, -0.25) is 0 Å². The highest BCUT2D eigenvalue weighted by Crippen LogP contribution is 2.37. The van der Waals surface area contributed by atoms with Crippen molar-refractivity contribution in [3.05, 3.63) is 51.3 Å². The molecule has 0 spiro atoms. The minimum atomic E-state index is 0.0439. The molecule has 25 heavy (non-hydrogen) atoms. The number of hydrogen-bond donors (Lipinski definition) is 2. The monoisotopic (exact) mass is 415 g/mol. The zero-order valence-electron chi connectivity index (χ0n) is 13.3. The van der Waals surface area contributed by atoms with Gasteiger partial charge in [0, 0.05) is 0 Å². The van der Waals surface area contributed by atoms with Crippen LogP contribution in [-0.4, -0.2) is 21.7 Å². The Bertz CT molecular complexity index is 959. The summed E-state index contributed by atoms with van der Waals surface area (Å²) in [7, 11) is 0. The number of rotatable bonds is 5. The fourth-order valence-electron chi connectivity index (χ4n) is 2.26. The number of nitrogens with one attached hydrogen (secondary N) is 1. The Hall–Kier alpha value is -2.43. The summed E-state index contributed by atoms with van der Waals surface area (Å²) < 4.78 is 5.92. The molecule has 0 fully saturated rings. The van der Waals surface area contributed by atoms with E-state index in [0.29, 0.717) is 26.9 Å². The second-order valence-electron chi connectivity index (χ2n) is 5.06. The molecule has 2 N–H and O–H groups in total. The summed E-state index contributed by atoms with van der Waals surface area (Å²) in [5, 5.41) is 20.1. The Morgan fingerprint density at radius 3 is 2.96 bits per heavy atom. The molecule has 2 aromatic carbocycles. The van der Waals surface area contributed by atoms with Gasteiger partial charge in [-0.2, -0.15) is 5.26 Å². The number of hydrogen-bond acceptors (Lipinski definition) is 5. The summed E-state index contributed by atoms with van der Waals surface area (Å²) in [5.74, 6) is 0.414. The summed E-state index contributed by atoms with van der Waals surface area (Å²) in [4.78, 5) is 8.12. The van der Waals surface area contributed by atoms with Crippen molar-refractivity contribution in [1.82, 2.24) is 9.97 Å². The van der Waals surface area contributed by atoms with Gasteiger partial charge < -0.3 is 14.8 Å². The lowest BCUT2D eigenvalue weighted by Crippen LogP contribution is -1.93. The number of benzene rings is 2. The van der Waals surface area contributed by atoms with Gasteiger partial charge in [0.15, 0.2) is 16.7 Å². The molecule has 0 radical (unpaired) electrons. The lowest BCUT2D eigenvalue weighted by molar-refractivity contribution is 0.317. The normalized spacial score (nSPS) is 11.5. The van der Waals surface area contributed by atoms with E-state index < -0.39 is 0 Å². The Labute approximate surface area is 157 Å². The highest BCUT2D eigenvalue weighted by Gasteiger charge is 2.10. The molecule has 0 bridgehead atoms. The van der Waals surface area contributed by atoms with Crippen LogP contribution in [-0.2, 0) is 0 Å². The lowest BCUT2D eigenvalue weighted by atomic mass is 10.2. The summed E-state index contributed by atoms with van der Waals surface area (Å²) in [5.41, 5.74) is 2.52. The van der Waals surface area contributed by atoms with E-state index in [0.717, 1.165) is 16.6 Å². The van der Waals surface area contributed by atoms with Crippen LogP contribution in [0.4, 0.5) is 0 Å². The van der Waals surface area contributed by atoms with Crippen LogP contribution >= 0.6 is 27.7 Å². The quantitative estimate of drug-likeness (QED) is 0.448. The fourth-order valence-corrected chi connectivity index (χ4v) is 3.47. The third kappa shape index (κ3) is 3.98. The number of aromatic nitrogens is 2. The van der Waals surface area contributed by atoms with Crippen LogP contribution in [0.3, 0.4) is 0 Å². The number of imidazole rings is 1. The summed E-state index contributed by atoms with van der Waals surface area (Å²) >= 11 is 4.55. The van der Waals surface area contributed by atoms with E-state index in [4.69, 9.17) is 4.74 Å². The van der Waals surface area contributed by atoms with Crippen LogP contribution in [0.2, 0.25) is 0 Å². The number of aromatic amines is 1. The van der Waals surface area contributed by atoms with Gasteiger partial charge >= 0.3 is 0 Å². The van der Waals surface area contributed by atoms with Crippen LogP contribution < -0.4 is 4.74 Å². The van der Waals surface area contributed by atoms with Gasteiger partial charge in [-0.05, 0) is 70.5 Å². The van der Waals surface area contributed by atoms with Crippen LogP contribution in [0, 0.1) is 11.3 Å². The smallest absolute Gasteiger partial charge is 0.172 e. The largest absolute Gasteiger partial charge is 0.503 e. The predicted octanol–water partition coefficient (Wildman–Crippen LogP) is 5.09. The van der Waals surface area contributed by atoms with Gasteiger partial charge in [-0.25, -0.2) is 4.98 Å². The van der Waals surface area contributed by atoms with E-state index in [2.05, 4.69) is 32.0 Å². The SMILES string of the molecule is CCOc1cc(/C=C(\C#N)Sc2nc3ccccc3[nH]2)cc(Br)c1O. The third-order valence-electron chi connectivity index (χ3n) is 3.33. The molecule has 0 aliphatic rings. The molecule has 5 nitrogen and oxygen atoms in total. The highest BCUT2D eigenvalue weighted by molar-refractivity contribution is 9.10. The Morgan fingerprint density at radius 1 is 1.44 bits per heavy atom. The Balaban J connectivity index is 1.91. The summed E-state index contributed by atoms with van der Waals surface area (Å²) in [6.45, 7) is 2.28. The van der Waals surface area contributed by atoms with E-state index in [1.54, 1.807) is 18.2 Å². The first-order valence-electron chi connectivity index (χ1n) is 7.50. The molecule has 0 aliphatic carbocycles. The number of allylic oxidation sites excluding steroid dienone is 1. The molecule has 0 unspecified atom stereocenters. The van der Waals surface area contributed by atoms with Crippen molar-refractivity contribution >= 4 is 44.8 Å². The van der Waals surface area contributed by atoms with E-state index in [9.17, 15) is 10.4 Å². The van der Waals surface area contributed by atoms with Crippen molar-refractivity contribution in [1.29, 1.82) is 5.26 Å². The van der Waals surface area contributed by atoms with E-state index in [-0.39, 0.29) is 5.75 Å². The first-order valence-corrected chi connectivity index (χ1v) is 9.11. The summed E-state index contributed by atoms with van der Waals surface area (Å²) in [6, 6.07) is 13.3. The number of nitrogens with zero attached hydrogens (tertiary/aromatic N) is 2. The lowest BCUT2D eigenvalue weighted by Gasteiger charge is -2.08. The number of thioether (sulfide) groups is 1. The minimum Gasteiger partial charge on any atom is -0.503 e. The molecule has 0 atom stereocenters.